The van der Waals surface area contributed by atoms with Gasteiger partial charge in [0.05, 0.1) is 6.61 Å². The first-order valence-electron chi connectivity index (χ1n) is 7.70. The first kappa shape index (κ1) is 16.0. The number of nitrogens with one attached hydrogen (secondary N) is 1. The second kappa shape index (κ2) is 8.82. The molecule has 21 heavy (non-hydrogen) atoms. The van der Waals surface area contributed by atoms with E-state index in [4.69, 9.17) is 9.47 Å². The van der Waals surface area contributed by atoms with Crippen molar-refractivity contribution < 1.29 is 9.47 Å². The molecule has 0 fully saturated rings. The van der Waals surface area contributed by atoms with E-state index in [1.54, 1.807) is 7.11 Å². The summed E-state index contributed by atoms with van der Waals surface area (Å²) in [6.45, 7) is 7.17. The summed E-state index contributed by atoms with van der Waals surface area (Å²) in [7, 11) is 1.73. The highest BCUT2D eigenvalue weighted by molar-refractivity contribution is 5.80. The van der Waals surface area contributed by atoms with E-state index in [-0.39, 0.29) is 0 Å². The zero-order valence-corrected chi connectivity index (χ0v) is 13.1. The van der Waals surface area contributed by atoms with Crippen LogP contribution in [0, 0.1) is 0 Å². The second-order valence-electron chi connectivity index (χ2n) is 5.12. The first-order chi connectivity index (χ1) is 10.3. The molecule has 0 amide bonds. The molecule has 0 atom stereocenters. The van der Waals surface area contributed by atoms with Gasteiger partial charge in [0.1, 0.15) is 0 Å². The Balaban J connectivity index is 1.95. The summed E-state index contributed by atoms with van der Waals surface area (Å²) >= 11 is 0. The number of methoxy groups -OCH3 is 1. The lowest BCUT2D eigenvalue weighted by Crippen LogP contribution is -2.18. The Bertz CT molecular complexity index is 537. The molecule has 0 saturated carbocycles. The number of hydrogen-bond acceptors (Lipinski definition) is 3. The normalized spacial score (nSPS) is 11.3. The number of aryl methyl sites for hydroxylation is 1. The summed E-state index contributed by atoms with van der Waals surface area (Å²) in [5, 5.41) is 4.68. The maximum atomic E-state index is 5.41. The summed E-state index contributed by atoms with van der Waals surface area (Å²) in [6.07, 6.45) is 3.21. The van der Waals surface area contributed by atoms with Crippen LogP contribution in [0.4, 0.5) is 0 Å². The van der Waals surface area contributed by atoms with Crippen molar-refractivity contribution in [1.29, 1.82) is 0 Å². The van der Waals surface area contributed by atoms with Gasteiger partial charge in [-0.05, 0) is 36.4 Å². The molecule has 0 aliphatic rings. The Labute approximate surface area is 127 Å². The van der Waals surface area contributed by atoms with Crippen molar-refractivity contribution in [3.8, 4) is 0 Å². The zero-order valence-electron chi connectivity index (χ0n) is 13.1. The van der Waals surface area contributed by atoms with Crippen molar-refractivity contribution in [1.82, 2.24) is 9.88 Å². The molecular formula is C17H26N2O2. The van der Waals surface area contributed by atoms with Crippen molar-refractivity contribution in [2.45, 2.75) is 26.4 Å². The van der Waals surface area contributed by atoms with Gasteiger partial charge in [0.25, 0.3) is 0 Å². The monoisotopic (exact) mass is 290 g/mol. The third-order valence-electron chi connectivity index (χ3n) is 3.54. The van der Waals surface area contributed by atoms with Crippen LogP contribution in [0.5, 0.6) is 0 Å². The summed E-state index contributed by atoms with van der Waals surface area (Å²) in [6, 6.07) is 8.84. The number of benzene rings is 1. The fourth-order valence-electron chi connectivity index (χ4n) is 2.42. The Morgan fingerprint density at radius 3 is 2.90 bits per heavy atom. The smallest absolute Gasteiger partial charge is 0.0587 e. The van der Waals surface area contributed by atoms with E-state index < -0.39 is 0 Å². The molecule has 0 saturated heterocycles. The summed E-state index contributed by atoms with van der Waals surface area (Å²) < 4.78 is 12.8. The second-order valence-corrected chi connectivity index (χ2v) is 5.12. The Hall–Kier alpha value is -1.36. The molecule has 0 spiro atoms. The van der Waals surface area contributed by atoms with Crippen LogP contribution in [-0.4, -0.2) is 38.0 Å². The lowest BCUT2D eigenvalue weighted by atomic mass is 10.1. The Kier molecular flexibility index (Phi) is 6.73. The molecule has 0 aliphatic heterocycles. The highest BCUT2D eigenvalue weighted by Crippen LogP contribution is 2.18. The van der Waals surface area contributed by atoms with Crippen LogP contribution >= 0.6 is 0 Å². The molecule has 4 heteroatoms. The number of aromatic nitrogens is 1. The van der Waals surface area contributed by atoms with Crippen LogP contribution in [0.15, 0.2) is 30.5 Å². The van der Waals surface area contributed by atoms with E-state index in [9.17, 15) is 0 Å². The lowest BCUT2D eigenvalue weighted by molar-refractivity contribution is 0.142. The van der Waals surface area contributed by atoms with Gasteiger partial charge >= 0.3 is 0 Å². The molecule has 0 aliphatic carbocycles. The zero-order chi connectivity index (χ0) is 14.9. The van der Waals surface area contributed by atoms with Crippen LogP contribution in [0.25, 0.3) is 10.9 Å². The van der Waals surface area contributed by atoms with Gasteiger partial charge in [-0.1, -0.05) is 12.1 Å². The molecule has 1 heterocycles. The van der Waals surface area contributed by atoms with Crippen LogP contribution in [0.3, 0.4) is 0 Å². The SMILES string of the molecule is CCOCCCn1ccc2ccc(CNCCOC)cc21. The van der Waals surface area contributed by atoms with E-state index in [0.717, 1.165) is 45.9 Å². The number of hydrogen-bond donors (Lipinski definition) is 1. The molecule has 1 N–H and O–H groups in total. The Morgan fingerprint density at radius 1 is 1.19 bits per heavy atom. The van der Waals surface area contributed by atoms with Crippen LogP contribution in [0.2, 0.25) is 0 Å². The molecule has 2 rings (SSSR count). The molecule has 0 bridgehead atoms. The van der Waals surface area contributed by atoms with Crippen molar-refractivity contribution in [2.24, 2.45) is 0 Å². The van der Waals surface area contributed by atoms with Gasteiger partial charge in [-0.2, -0.15) is 0 Å². The van der Waals surface area contributed by atoms with Gasteiger partial charge in [-0.3, -0.25) is 0 Å². The van der Waals surface area contributed by atoms with Gasteiger partial charge in [-0.15, -0.1) is 0 Å². The number of ether oxygens (including phenoxy) is 2. The number of nitrogens with zero attached hydrogens (tertiary/aromatic N) is 1. The number of fused-ring (bicyclic) bond motifs is 1. The molecule has 1 aromatic heterocycles. The summed E-state index contributed by atoms with van der Waals surface area (Å²) in [4.78, 5) is 0. The highest BCUT2D eigenvalue weighted by Gasteiger charge is 2.02. The van der Waals surface area contributed by atoms with Gasteiger partial charge in [0.2, 0.25) is 0 Å². The average Bonchev–Trinajstić information content (AvgIpc) is 2.91. The quantitative estimate of drug-likeness (QED) is 0.683. The molecule has 116 valence electrons. The minimum atomic E-state index is 0.746. The minimum absolute atomic E-state index is 0.746. The summed E-state index contributed by atoms with van der Waals surface area (Å²) in [5.41, 5.74) is 2.61. The summed E-state index contributed by atoms with van der Waals surface area (Å²) in [5.74, 6) is 0. The molecule has 0 radical (unpaired) electrons. The lowest BCUT2D eigenvalue weighted by Gasteiger charge is -2.08. The van der Waals surface area contributed by atoms with Crippen molar-refractivity contribution in [2.75, 3.05) is 33.5 Å². The average molecular weight is 290 g/mol. The minimum Gasteiger partial charge on any atom is -0.383 e. The maximum absolute atomic E-state index is 5.41. The van der Waals surface area contributed by atoms with Gasteiger partial charge < -0.3 is 19.4 Å². The van der Waals surface area contributed by atoms with E-state index in [0.29, 0.717) is 0 Å². The van der Waals surface area contributed by atoms with Gasteiger partial charge in [0, 0.05) is 51.7 Å². The van der Waals surface area contributed by atoms with Crippen LogP contribution in [0.1, 0.15) is 18.9 Å². The third-order valence-corrected chi connectivity index (χ3v) is 3.54. The van der Waals surface area contributed by atoms with Crippen LogP contribution < -0.4 is 5.32 Å². The largest absolute Gasteiger partial charge is 0.383 e. The van der Waals surface area contributed by atoms with E-state index in [2.05, 4.69) is 40.3 Å². The molecule has 0 unspecified atom stereocenters. The number of rotatable bonds is 10. The highest BCUT2D eigenvalue weighted by atomic mass is 16.5. The molecular weight excluding hydrogens is 264 g/mol. The van der Waals surface area contributed by atoms with Crippen molar-refractivity contribution in [3.63, 3.8) is 0 Å². The van der Waals surface area contributed by atoms with Gasteiger partial charge in [0.15, 0.2) is 0 Å². The van der Waals surface area contributed by atoms with Crippen LogP contribution in [-0.2, 0) is 22.6 Å². The Morgan fingerprint density at radius 2 is 2.10 bits per heavy atom. The predicted octanol–water partition coefficient (Wildman–Crippen LogP) is 2.80. The maximum Gasteiger partial charge on any atom is 0.0587 e. The topological polar surface area (TPSA) is 35.4 Å². The fourth-order valence-corrected chi connectivity index (χ4v) is 2.42. The van der Waals surface area contributed by atoms with E-state index >= 15 is 0 Å². The standard InChI is InChI=1S/C17H26N2O2/c1-3-21-11-4-9-19-10-7-16-6-5-15(13-17(16)19)14-18-8-12-20-2/h5-7,10,13,18H,3-4,8-9,11-12,14H2,1-2H3. The van der Waals surface area contributed by atoms with Crippen molar-refractivity contribution in [3.05, 3.63) is 36.0 Å². The predicted molar refractivity (Wildman–Crippen MR) is 86.6 cm³/mol. The third kappa shape index (κ3) is 4.84. The first-order valence-corrected chi connectivity index (χ1v) is 7.70. The molecule has 2 aromatic rings. The molecule has 1 aromatic carbocycles. The fraction of sp³-hybridized carbons (Fsp3) is 0.529. The van der Waals surface area contributed by atoms with E-state index in [1.165, 1.54) is 16.5 Å². The molecule has 4 nitrogen and oxygen atoms in total. The van der Waals surface area contributed by atoms with Crippen molar-refractivity contribution >= 4 is 10.9 Å². The van der Waals surface area contributed by atoms with E-state index in [1.807, 2.05) is 6.92 Å². The van der Waals surface area contributed by atoms with Gasteiger partial charge in [-0.25, -0.2) is 0 Å².